The van der Waals surface area contributed by atoms with Crippen LogP contribution in [0.25, 0.3) is 0 Å². The van der Waals surface area contributed by atoms with Crippen molar-refractivity contribution in [2.75, 3.05) is 25.5 Å². The van der Waals surface area contributed by atoms with E-state index < -0.39 is 0 Å². The van der Waals surface area contributed by atoms with Gasteiger partial charge < -0.3 is 10.2 Å². The van der Waals surface area contributed by atoms with E-state index in [1.54, 1.807) is 0 Å². The fourth-order valence-electron chi connectivity index (χ4n) is 2.88. The number of carbonyl (C=O) groups is 1. The van der Waals surface area contributed by atoms with Crippen LogP contribution in [0.1, 0.15) is 42.3 Å². The van der Waals surface area contributed by atoms with Gasteiger partial charge in [-0.3, -0.25) is 9.69 Å². The van der Waals surface area contributed by atoms with E-state index in [2.05, 4.69) is 48.0 Å². The first-order valence-corrected chi connectivity index (χ1v) is 9.28. The molecule has 26 heavy (non-hydrogen) atoms. The smallest absolute Gasteiger partial charge is 0.251 e. The third kappa shape index (κ3) is 5.60. The van der Waals surface area contributed by atoms with Crippen molar-refractivity contribution >= 4 is 11.6 Å². The molecule has 1 amide bonds. The van der Waals surface area contributed by atoms with Gasteiger partial charge in [0.15, 0.2) is 0 Å². The van der Waals surface area contributed by atoms with Gasteiger partial charge in [-0.1, -0.05) is 31.2 Å². The summed E-state index contributed by atoms with van der Waals surface area (Å²) in [7, 11) is 4.02. The van der Waals surface area contributed by atoms with E-state index in [1.807, 2.05) is 50.5 Å². The molecule has 0 fully saturated rings. The highest BCUT2D eigenvalue weighted by Crippen LogP contribution is 2.14. The lowest BCUT2D eigenvalue weighted by Crippen LogP contribution is -2.30. The summed E-state index contributed by atoms with van der Waals surface area (Å²) in [6, 6.07) is 16.6. The predicted molar refractivity (Wildman–Crippen MR) is 110 cm³/mol. The lowest BCUT2D eigenvalue weighted by atomic mass is 10.1. The molecular formula is C22H31N3O. The summed E-state index contributed by atoms with van der Waals surface area (Å²) in [4.78, 5) is 16.9. The van der Waals surface area contributed by atoms with E-state index in [1.165, 1.54) is 5.56 Å². The van der Waals surface area contributed by atoms with Gasteiger partial charge in [-0.15, -0.1) is 0 Å². The van der Waals surface area contributed by atoms with Crippen LogP contribution in [0.5, 0.6) is 0 Å². The van der Waals surface area contributed by atoms with Crippen molar-refractivity contribution in [3.05, 3.63) is 65.2 Å². The van der Waals surface area contributed by atoms with Crippen molar-refractivity contribution in [3.63, 3.8) is 0 Å². The number of carbonyl (C=O) groups excluding carboxylic acids is 1. The minimum Gasteiger partial charge on any atom is -0.378 e. The summed E-state index contributed by atoms with van der Waals surface area (Å²) in [6.45, 7) is 9.04. The lowest BCUT2D eigenvalue weighted by Gasteiger charge is -2.24. The molecule has 4 heteroatoms. The van der Waals surface area contributed by atoms with Gasteiger partial charge in [0.2, 0.25) is 0 Å². The molecule has 0 bridgehead atoms. The summed E-state index contributed by atoms with van der Waals surface area (Å²) in [5.74, 6) is -0.0389. The van der Waals surface area contributed by atoms with Crippen LogP contribution >= 0.6 is 0 Å². The summed E-state index contributed by atoms with van der Waals surface area (Å²) in [6.07, 6.45) is 0. The fourth-order valence-corrected chi connectivity index (χ4v) is 2.88. The Balaban J connectivity index is 1.94. The van der Waals surface area contributed by atoms with E-state index >= 15 is 0 Å². The second-order valence-electron chi connectivity index (χ2n) is 7.10. The second kappa shape index (κ2) is 9.39. The van der Waals surface area contributed by atoms with Crippen LogP contribution in [-0.4, -0.2) is 37.5 Å². The molecule has 0 aliphatic heterocycles. The van der Waals surface area contributed by atoms with E-state index in [-0.39, 0.29) is 5.91 Å². The van der Waals surface area contributed by atoms with Gasteiger partial charge >= 0.3 is 0 Å². The maximum Gasteiger partial charge on any atom is 0.251 e. The topological polar surface area (TPSA) is 35.6 Å². The normalized spacial score (nSPS) is 11.0. The van der Waals surface area contributed by atoms with Crippen molar-refractivity contribution < 1.29 is 4.79 Å². The third-order valence-electron chi connectivity index (χ3n) is 4.62. The number of hydrogen-bond acceptors (Lipinski definition) is 3. The van der Waals surface area contributed by atoms with Crippen molar-refractivity contribution in [2.45, 2.75) is 39.9 Å². The zero-order valence-corrected chi connectivity index (χ0v) is 16.6. The minimum atomic E-state index is -0.0389. The molecule has 0 saturated heterocycles. The van der Waals surface area contributed by atoms with Gasteiger partial charge in [-0.2, -0.15) is 0 Å². The second-order valence-corrected chi connectivity index (χ2v) is 7.10. The van der Waals surface area contributed by atoms with Crippen molar-refractivity contribution in [2.24, 2.45) is 0 Å². The predicted octanol–water partition coefficient (Wildman–Crippen LogP) is 3.91. The van der Waals surface area contributed by atoms with Crippen LogP contribution in [-0.2, 0) is 13.1 Å². The molecule has 0 atom stereocenters. The van der Waals surface area contributed by atoms with Crippen LogP contribution < -0.4 is 10.2 Å². The highest BCUT2D eigenvalue weighted by atomic mass is 16.1. The third-order valence-corrected chi connectivity index (χ3v) is 4.62. The Hall–Kier alpha value is -2.33. The number of rotatable bonds is 8. The molecule has 2 rings (SSSR count). The Labute approximate surface area is 157 Å². The maximum atomic E-state index is 12.4. The van der Waals surface area contributed by atoms with E-state index in [0.29, 0.717) is 18.2 Å². The van der Waals surface area contributed by atoms with Crippen LogP contribution in [0.2, 0.25) is 0 Å². The Kier molecular flexibility index (Phi) is 7.22. The standard InChI is InChI=1S/C22H31N3O/c1-6-25(17(2)3)16-18-10-12-20(13-11-18)22(26)23-15-19-8-7-9-21(14-19)24(4)5/h7-14,17H,6,15-16H2,1-5H3,(H,23,26). The SMILES string of the molecule is CCN(Cc1ccc(C(=O)NCc2cccc(N(C)C)c2)cc1)C(C)C. The zero-order chi connectivity index (χ0) is 19.1. The molecule has 2 aromatic carbocycles. The fraction of sp³-hybridized carbons (Fsp3) is 0.409. The van der Waals surface area contributed by atoms with Crippen molar-refractivity contribution in [3.8, 4) is 0 Å². The first kappa shape index (κ1) is 20.0. The van der Waals surface area contributed by atoms with Gasteiger partial charge in [-0.25, -0.2) is 0 Å². The number of anilines is 1. The number of benzene rings is 2. The summed E-state index contributed by atoms with van der Waals surface area (Å²) in [5, 5.41) is 3.00. The molecule has 0 heterocycles. The van der Waals surface area contributed by atoms with Gasteiger partial charge in [0.1, 0.15) is 0 Å². The van der Waals surface area contributed by atoms with Crippen LogP contribution in [0, 0.1) is 0 Å². The Morgan fingerprint density at radius 1 is 1.04 bits per heavy atom. The quantitative estimate of drug-likeness (QED) is 0.781. The Bertz CT molecular complexity index is 708. The number of nitrogens with zero attached hydrogens (tertiary/aromatic N) is 2. The Morgan fingerprint density at radius 2 is 1.73 bits per heavy atom. The average Bonchev–Trinajstić information content (AvgIpc) is 2.64. The first-order chi connectivity index (χ1) is 12.4. The van der Waals surface area contributed by atoms with E-state index in [0.717, 1.165) is 24.3 Å². The largest absolute Gasteiger partial charge is 0.378 e. The van der Waals surface area contributed by atoms with Crippen molar-refractivity contribution in [1.29, 1.82) is 0 Å². The van der Waals surface area contributed by atoms with Crippen molar-refractivity contribution in [1.82, 2.24) is 10.2 Å². The van der Waals surface area contributed by atoms with Gasteiger partial charge in [-0.05, 0) is 55.8 Å². The van der Waals surface area contributed by atoms with Gasteiger partial charge in [0.25, 0.3) is 5.91 Å². The molecule has 2 aromatic rings. The molecule has 0 saturated carbocycles. The summed E-state index contributed by atoms with van der Waals surface area (Å²) in [5.41, 5.74) is 4.16. The summed E-state index contributed by atoms with van der Waals surface area (Å²) >= 11 is 0. The Morgan fingerprint density at radius 3 is 2.31 bits per heavy atom. The highest BCUT2D eigenvalue weighted by molar-refractivity contribution is 5.94. The molecule has 0 aromatic heterocycles. The number of nitrogens with one attached hydrogen (secondary N) is 1. The average molecular weight is 354 g/mol. The lowest BCUT2D eigenvalue weighted by molar-refractivity contribution is 0.0951. The molecule has 0 spiro atoms. The molecule has 4 nitrogen and oxygen atoms in total. The highest BCUT2D eigenvalue weighted by Gasteiger charge is 2.09. The van der Waals surface area contributed by atoms with Crippen LogP contribution in [0.3, 0.4) is 0 Å². The van der Waals surface area contributed by atoms with Crippen LogP contribution in [0.15, 0.2) is 48.5 Å². The molecule has 1 N–H and O–H groups in total. The monoisotopic (exact) mass is 353 g/mol. The van der Waals surface area contributed by atoms with Gasteiger partial charge in [0.05, 0.1) is 0 Å². The molecular weight excluding hydrogens is 322 g/mol. The molecule has 140 valence electrons. The van der Waals surface area contributed by atoms with Gasteiger partial charge in [0, 0.05) is 44.5 Å². The first-order valence-electron chi connectivity index (χ1n) is 9.28. The summed E-state index contributed by atoms with van der Waals surface area (Å²) < 4.78 is 0. The van der Waals surface area contributed by atoms with E-state index in [4.69, 9.17) is 0 Å². The maximum absolute atomic E-state index is 12.4. The van der Waals surface area contributed by atoms with Crippen LogP contribution in [0.4, 0.5) is 5.69 Å². The van der Waals surface area contributed by atoms with E-state index in [9.17, 15) is 4.79 Å². The molecule has 0 radical (unpaired) electrons. The molecule has 0 aliphatic carbocycles. The zero-order valence-electron chi connectivity index (χ0n) is 16.6. The molecule has 0 aliphatic rings. The number of amides is 1. The molecule has 0 unspecified atom stereocenters. The minimum absolute atomic E-state index is 0.0389. The number of hydrogen-bond donors (Lipinski definition) is 1.